The molecular weight excluding hydrogens is 265 g/mol. The molecule has 0 unspecified atom stereocenters. The van der Waals surface area contributed by atoms with Gasteiger partial charge >= 0.3 is 0 Å². The Morgan fingerprint density at radius 2 is 1.95 bits per heavy atom. The van der Waals surface area contributed by atoms with Crippen molar-refractivity contribution in [3.63, 3.8) is 0 Å². The third-order valence-corrected chi connectivity index (χ3v) is 3.38. The van der Waals surface area contributed by atoms with E-state index in [2.05, 4.69) is 15.3 Å². The van der Waals surface area contributed by atoms with E-state index < -0.39 is 0 Å². The number of aromatic amines is 1. The predicted octanol–water partition coefficient (Wildman–Crippen LogP) is 4.14. The van der Waals surface area contributed by atoms with Gasteiger partial charge in [-0.3, -0.25) is 0 Å². The first-order chi connectivity index (χ1) is 10.2. The van der Waals surface area contributed by atoms with Gasteiger partial charge in [-0.15, -0.1) is 0 Å². The lowest BCUT2D eigenvalue weighted by molar-refractivity contribution is 0.612. The molecule has 3 rings (SSSR count). The fourth-order valence-corrected chi connectivity index (χ4v) is 2.22. The van der Waals surface area contributed by atoms with Gasteiger partial charge in [0.05, 0.1) is 18.2 Å². The molecule has 3 aromatic rings. The molecule has 0 aliphatic heterocycles. The lowest BCUT2D eigenvalue weighted by Crippen LogP contribution is -2.02. The highest BCUT2D eigenvalue weighted by atomic mass is 19.1. The second kappa shape index (κ2) is 5.79. The van der Waals surface area contributed by atoms with Crippen molar-refractivity contribution in [1.82, 2.24) is 9.97 Å². The van der Waals surface area contributed by atoms with Gasteiger partial charge in [-0.05, 0) is 30.7 Å². The summed E-state index contributed by atoms with van der Waals surface area (Å²) in [6.07, 6.45) is 3.44. The second-order valence-corrected chi connectivity index (χ2v) is 4.99. The average Bonchev–Trinajstić information content (AvgIpc) is 3.03. The van der Waals surface area contributed by atoms with Gasteiger partial charge in [0, 0.05) is 17.8 Å². The van der Waals surface area contributed by atoms with Crippen molar-refractivity contribution in [2.75, 3.05) is 5.32 Å². The standard InChI is InChI=1S/C17H16FN3/c1-12-2-7-16(18)14(8-12)9-20-15-5-3-13(4-6-15)17-10-19-11-21-17/h2-8,10-11,20H,9H2,1H3,(H,19,21). The smallest absolute Gasteiger partial charge is 0.128 e. The average molecular weight is 281 g/mol. The maximum absolute atomic E-state index is 13.7. The zero-order valence-corrected chi connectivity index (χ0v) is 11.7. The number of anilines is 1. The van der Waals surface area contributed by atoms with Crippen LogP contribution in [0.4, 0.5) is 10.1 Å². The van der Waals surface area contributed by atoms with E-state index in [4.69, 9.17) is 0 Å². The molecule has 21 heavy (non-hydrogen) atoms. The Bertz CT molecular complexity index is 718. The van der Waals surface area contributed by atoms with Crippen molar-refractivity contribution in [1.29, 1.82) is 0 Å². The Hall–Kier alpha value is -2.62. The third-order valence-electron chi connectivity index (χ3n) is 3.38. The first-order valence-corrected chi connectivity index (χ1v) is 6.80. The van der Waals surface area contributed by atoms with E-state index in [1.165, 1.54) is 6.07 Å². The lowest BCUT2D eigenvalue weighted by atomic mass is 10.1. The maximum atomic E-state index is 13.7. The van der Waals surface area contributed by atoms with Crippen LogP contribution in [0.5, 0.6) is 0 Å². The summed E-state index contributed by atoms with van der Waals surface area (Å²) in [6, 6.07) is 13.1. The fraction of sp³-hybridized carbons (Fsp3) is 0.118. The van der Waals surface area contributed by atoms with Crippen LogP contribution in [0.2, 0.25) is 0 Å². The number of halogens is 1. The number of aryl methyl sites for hydroxylation is 1. The quantitative estimate of drug-likeness (QED) is 0.754. The SMILES string of the molecule is Cc1ccc(F)c(CNc2ccc(-c3cnc[nH]3)cc2)c1. The molecule has 3 nitrogen and oxygen atoms in total. The molecule has 106 valence electrons. The topological polar surface area (TPSA) is 40.7 Å². The van der Waals surface area contributed by atoms with Crippen LogP contribution in [0, 0.1) is 12.7 Å². The van der Waals surface area contributed by atoms with E-state index in [1.807, 2.05) is 37.3 Å². The summed E-state index contributed by atoms with van der Waals surface area (Å²) in [4.78, 5) is 7.07. The van der Waals surface area contributed by atoms with Crippen molar-refractivity contribution in [3.05, 3.63) is 71.9 Å². The van der Waals surface area contributed by atoms with E-state index >= 15 is 0 Å². The van der Waals surface area contributed by atoms with Crippen LogP contribution in [0.15, 0.2) is 55.0 Å². The first-order valence-electron chi connectivity index (χ1n) is 6.80. The Morgan fingerprint density at radius 1 is 1.14 bits per heavy atom. The molecule has 0 radical (unpaired) electrons. The molecule has 0 bridgehead atoms. The highest BCUT2D eigenvalue weighted by molar-refractivity contribution is 5.61. The number of hydrogen-bond acceptors (Lipinski definition) is 2. The third kappa shape index (κ3) is 3.11. The number of aromatic nitrogens is 2. The number of H-pyrrole nitrogens is 1. The molecular formula is C17H16FN3. The molecule has 0 spiro atoms. The van der Waals surface area contributed by atoms with Crippen LogP contribution < -0.4 is 5.32 Å². The predicted molar refractivity (Wildman–Crippen MR) is 82.5 cm³/mol. The minimum absolute atomic E-state index is 0.179. The number of nitrogens with one attached hydrogen (secondary N) is 2. The summed E-state index contributed by atoms with van der Waals surface area (Å²) in [5.74, 6) is -0.179. The molecule has 0 aliphatic rings. The Kier molecular flexibility index (Phi) is 3.69. The molecule has 2 N–H and O–H groups in total. The van der Waals surface area contributed by atoms with E-state index in [9.17, 15) is 4.39 Å². The molecule has 1 heterocycles. The van der Waals surface area contributed by atoms with Crippen LogP contribution in [-0.4, -0.2) is 9.97 Å². The van der Waals surface area contributed by atoms with Crippen molar-refractivity contribution in [2.45, 2.75) is 13.5 Å². The number of benzene rings is 2. The summed E-state index contributed by atoms with van der Waals surface area (Å²) in [7, 11) is 0. The highest BCUT2D eigenvalue weighted by Gasteiger charge is 2.03. The zero-order valence-electron chi connectivity index (χ0n) is 11.7. The molecule has 0 atom stereocenters. The molecule has 0 amide bonds. The zero-order chi connectivity index (χ0) is 14.7. The van der Waals surface area contributed by atoms with Gasteiger partial charge in [0.15, 0.2) is 0 Å². The summed E-state index contributed by atoms with van der Waals surface area (Å²) in [5, 5.41) is 3.24. The van der Waals surface area contributed by atoms with E-state index in [1.54, 1.807) is 18.6 Å². The highest BCUT2D eigenvalue weighted by Crippen LogP contribution is 2.19. The molecule has 0 aliphatic carbocycles. The largest absolute Gasteiger partial charge is 0.381 e. The minimum atomic E-state index is -0.179. The normalized spacial score (nSPS) is 10.6. The Labute approximate surface area is 122 Å². The van der Waals surface area contributed by atoms with Crippen molar-refractivity contribution in [3.8, 4) is 11.3 Å². The molecule has 1 aromatic heterocycles. The van der Waals surface area contributed by atoms with Gasteiger partial charge in [0.1, 0.15) is 5.82 Å². The van der Waals surface area contributed by atoms with Crippen molar-refractivity contribution in [2.24, 2.45) is 0 Å². The lowest BCUT2D eigenvalue weighted by Gasteiger charge is -2.09. The van der Waals surface area contributed by atoms with Gasteiger partial charge < -0.3 is 10.3 Å². The summed E-state index contributed by atoms with van der Waals surface area (Å²) >= 11 is 0. The fourth-order valence-electron chi connectivity index (χ4n) is 2.22. The van der Waals surface area contributed by atoms with Crippen molar-refractivity contribution >= 4 is 5.69 Å². The number of hydrogen-bond donors (Lipinski definition) is 2. The minimum Gasteiger partial charge on any atom is -0.381 e. The molecule has 0 saturated heterocycles. The molecule has 0 fully saturated rings. The number of imidazole rings is 1. The van der Waals surface area contributed by atoms with Gasteiger partial charge in [-0.1, -0.05) is 29.8 Å². The molecule has 4 heteroatoms. The van der Waals surface area contributed by atoms with Gasteiger partial charge in [0.2, 0.25) is 0 Å². The Balaban J connectivity index is 1.70. The van der Waals surface area contributed by atoms with E-state index in [0.717, 1.165) is 22.5 Å². The second-order valence-electron chi connectivity index (χ2n) is 4.99. The van der Waals surface area contributed by atoms with Crippen molar-refractivity contribution < 1.29 is 4.39 Å². The van der Waals surface area contributed by atoms with Crippen LogP contribution in [0.3, 0.4) is 0 Å². The van der Waals surface area contributed by atoms with E-state index in [0.29, 0.717) is 12.1 Å². The maximum Gasteiger partial charge on any atom is 0.128 e. The van der Waals surface area contributed by atoms with Gasteiger partial charge in [-0.25, -0.2) is 9.37 Å². The van der Waals surface area contributed by atoms with Crippen LogP contribution in [0.1, 0.15) is 11.1 Å². The summed E-state index contributed by atoms with van der Waals surface area (Å²) in [6.45, 7) is 2.43. The number of nitrogens with zero attached hydrogens (tertiary/aromatic N) is 1. The summed E-state index contributed by atoms with van der Waals surface area (Å²) in [5.41, 5.74) is 4.74. The van der Waals surface area contributed by atoms with Crippen LogP contribution in [-0.2, 0) is 6.54 Å². The summed E-state index contributed by atoms with van der Waals surface area (Å²) < 4.78 is 13.7. The first kappa shape index (κ1) is 13.4. The Morgan fingerprint density at radius 3 is 2.67 bits per heavy atom. The van der Waals surface area contributed by atoms with Gasteiger partial charge in [0.25, 0.3) is 0 Å². The molecule has 2 aromatic carbocycles. The molecule has 0 saturated carbocycles. The van der Waals surface area contributed by atoms with Crippen LogP contribution in [0.25, 0.3) is 11.3 Å². The van der Waals surface area contributed by atoms with Crippen LogP contribution >= 0.6 is 0 Å². The van der Waals surface area contributed by atoms with E-state index in [-0.39, 0.29) is 5.82 Å². The monoisotopic (exact) mass is 281 g/mol. The number of rotatable bonds is 4. The van der Waals surface area contributed by atoms with Gasteiger partial charge in [-0.2, -0.15) is 0 Å².